The van der Waals surface area contributed by atoms with E-state index in [1.807, 2.05) is 11.8 Å². The van der Waals surface area contributed by atoms with Gasteiger partial charge in [-0.3, -0.25) is 15.1 Å². The number of hydrogen-bond donors (Lipinski definition) is 1. The number of rotatable bonds is 7. The SMILES string of the molecule is CCCN(CC(C)(C)CN)c1c(Br)cncc1[N+](=O)[O-]. The molecule has 0 bridgehead atoms. The number of nitrogens with two attached hydrogens (primary N) is 1. The molecule has 1 rings (SSSR count). The van der Waals surface area contributed by atoms with Gasteiger partial charge in [0.2, 0.25) is 0 Å². The summed E-state index contributed by atoms with van der Waals surface area (Å²) in [4.78, 5) is 16.7. The zero-order chi connectivity index (χ0) is 15.3. The van der Waals surface area contributed by atoms with Crippen molar-refractivity contribution in [2.24, 2.45) is 11.1 Å². The van der Waals surface area contributed by atoms with Crippen molar-refractivity contribution >= 4 is 27.3 Å². The first kappa shape index (κ1) is 16.8. The van der Waals surface area contributed by atoms with Crippen LogP contribution in [-0.4, -0.2) is 29.5 Å². The van der Waals surface area contributed by atoms with Crippen LogP contribution < -0.4 is 10.6 Å². The van der Waals surface area contributed by atoms with Crippen molar-refractivity contribution in [3.05, 3.63) is 27.0 Å². The monoisotopic (exact) mass is 344 g/mol. The van der Waals surface area contributed by atoms with E-state index in [1.54, 1.807) is 6.20 Å². The molecule has 0 aliphatic heterocycles. The maximum atomic E-state index is 11.2. The largest absolute Gasteiger partial charge is 0.364 e. The molecular formula is C13H21BrN4O2. The van der Waals surface area contributed by atoms with Gasteiger partial charge in [-0.2, -0.15) is 0 Å². The van der Waals surface area contributed by atoms with Crippen LogP contribution in [0.15, 0.2) is 16.9 Å². The summed E-state index contributed by atoms with van der Waals surface area (Å²) in [6.07, 6.45) is 3.77. The Labute approximate surface area is 127 Å². The number of anilines is 1. The molecule has 1 heterocycles. The zero-order valence-electron chi connectivity index (χ0n) is 12.1. The normalized spacial score (nSPS) is 11.4. The molecular weight excluding hydrogens is 324 g/mol. The van der Waals surface area contributed by atoms with Crippen LogP contribution in [-0.2, 0) is 0 Å². The average molecular weight is 345 g/mol. The molecule has 6 nitrogen and oxygen atoms in total. The third-order valence-electron chi connectivity index (χ3n) is 3.03. The summed E-state index contributed by atoms with van der Waals surface area (Å²) in [5, 5.41) is 11.2. The lowest BCUT2D eigenvalue weighted by Crippen LogP contribution is -2.39. The second-order valence-electron chi connectivity index (χ2n) is 5.54. The highest BCUT2D eigenvalue weighted by molar-refractivity contribution is 9.10. The van der Waals surface area contributed by atoms with E-state index in [-0.39, 0.29) is 11.1 Å². The molecule has 0 unspecified atom stereocenters. The molecule has 0 atom stereocenters. The van der Waals surface area contributed by atoms with Gasteiger partial charge in [0, 0.05) is 19.3 Å². The molecule has 112 valence electrons. The lowest BCUT2D eigenvalue weighted by molar-refractivity contribution is -0.384. The summed E-state index contributed by atoms with van der Waals surface area (Å²) < 4.78 is 0.632. The first-order valence-electron chi connectivity index (χ1n) is 6.55. The second-order valence-corrected chi connectivity index (χ2v) is 6.39. The molecule has 1 aromatic rings. The Hall–Kier alpha value is -1.21. The van der Waals surface area contributed by atoms with Crippen LogP contribution >= 0.6 is 15.9 Å². The van der Waals surface area contributed by atoms with Crippen molar-refractivity contribution in [3.63, 3.8) is 0 Å². The molecule has 0 radical (unpaired) electrons. The Morgan fingerprint density at radius 3 is 2.65 bits per heavy atom. The van der Waals surface area contributed by atoms with Crippen LogP contribution in [0.25, 0.3) is 0 Å². The van der Waals surface area contributed by atoms with Crippen molar-refractivity contribution in [2.75, 3.05) is 24.5 Å². The van der Waals surface area contributed by atoms with E-state index in [0.717, 1.165) is 13.0 Å². The first-order chi connectivity index (χ1) is 9.32. The van der Waals surface area contributed by atoms with Gasteiger partial charge in [-0.05, 0) is 34.3 Å². The van der Waals surface area contributed by atoms with Crippen LogP contribution in [0.4, 0.5) is 11.4 Å². The van der Waals surface area contributed by atoms with E-state index in [9.17, 15) is 10.1 Å². The van der Waals surface area contributed by atoms with Gasteiger partial charge in [0.05, 0.1) is 9.40 Å². The third-order valence-corrected chi connectivity index (χ3v) is 3.61. The Balaban J connectivity index is 3.24. The molecule has 1 aromatic heterocycles. The number of hydrogen-bond acceptors (Lipinski definition) is 5. The summed E-state index contributed by atoms with van der Waals surface area (Å²) >= 11 is 3.38. The van der Waals surface area contributed by atoms with Crippen LogP contribution in [0.1, 0.15) is 27.2 Å². The Morgan fingerprint density at radius 1 is 1.50 bits per heavy atom. The maximum Gasteiger partial charge on any atom is 0.311 e. The van der Waals surface area contributed by atoms with E-state index < -0.39 is 4.92 Å². The van der Waals surface area contributed by atoms with Crippen LogP contribution in [0.2, 0.25) is 0 Å². The predicted octanol–water partition coefficient (Wildman–Crippen LogP) is 2.95. The smallest absolute Gasteiger partial charge is 0.311 e. The van der Waals surface area contributed by atoms with Crippen molar-refractivity contribution in [3.8, 4) is 0 Å². The standard InChI is InChI=1S/C13H21BrN4O2/c1-4-5-17(9-13(2,3)8-15)12-10(14)6-16-7-11(12)18(19)20/h6-7H,4-5,8-9,15H2,1-3H3. The lowest BCUT2D eigenvalue weighted by Gasteiger charge is -2.33. The van der Waals surface area contributed by atoms with Gasteiger partial charge < -0.3 is 10.6 Å². The van der Waals surface area contributed by atoms with Crippen molar-refractivity contribution < 1.29 is 4.92 Å². The van der Waals surface area contributed by atoms with Crippen molar-refractivity contribution in [2.45, 2.75) is 27.2 Å². The predicted molar refractivity (Wildman–Crippen MR) is 83.9 cm³/mol. The van der Waals surface area contributed by atoms with E-state index >= 15 is 0 Å². The van der Waals surface area contributed by atoms with E-state index in [4.69, 9.17) is 5.73 Å². The minimum absolute atomic E-state index is 0.0145. The van der Waals surface area contributed by atoms with E-state index in [0.29, 0.717) is 23.2 Å². The molecule has 0 aromatic carbocycles. The average Bonchev–Trinajstić information content (AvgIpc) is 2.37. The Bertz CT molecular complexity index is 479. The van der Waals surface area contributed by atoms with E-state index in [2.05, 4.69) is 34.8 Å². The number of halogens is 1. The van der Waals surface area contributed by atoms with Gasteiger partial charge in [-0.15, -0.1) is 0 Å². The van der Waals surface area contributed by atoms with Crippen LogP contribution in [0.5, 0.6) is 0 Å². The number of pyridine rings is 1. The molecule has 0 aliphatic rings. The Morgan fingerprint density at radius 2 is 2.15 bits per heavy atom. The maximum absolute atomic E-state index is 11.2. The molecule has 7 heteroatoms. The molecule has 20 heavy (non-hydrogen) atoms. The third kappa shape index (κ3) is 4.14. The zero-order valence-corrected chi connectivity index (χ0v) is 13.7. The van der Waals surface area contributed by atoms with Gasteiger partial charge in [-0.1, -0.05) is 20.8 Å². The van der Waals surface area contributed by atoms with Gasteiger partial charge >= 0.3 is 5.69 Å². The second kappa shape index (κ2) is 6.99. The van der Waals surface area contributed by atoms with Gasteiger partial charge in [0.15, 0.2) is 0 Å². The fourth-order valence-corrected chi connectivity index (χ4v) is 2.56. The van der Waals surface area contributed by atoms with Gasteiger partial charge in [0.25, 0.3) is 0 Å². The van der Waals surface area contributed by atoms with Gasteiger partial charge in [-0.25, -0.2) is 0 Å². The fraction of sp³-hybridized carbons (Fsp3) is 0.615. The summed E-state index contributed by atoms with van der Waals surface area (Å²) in [6.45, 7) is 8.05. The molecule has 0 saturated heterocycles. The van der Waals surface area contributed by atoms with Crippen molar-refractivity contribution in [1.82, 2.24) is 4.98 Å². The van der Waals surface area contributed by atoms with E-state index in [1.165, 1.54) is 6.20 Å². The minimum Gasteiger partial charge on any atom is -0.364 e. The molecule has 0 aliphatic carbocycles. The van der Waals surface area contributed by atoms with Crippen LogP contribution in [0, 0.1) is 15.5 Å². The summed E-state index contributed by atoms with van der Waals surface area (Å²) in [7, 11) is 0. The number of nitrogens with zero attached hydrogens (tertiary/aromatic N) is 3. The van der Waals surface area contributed by atoms with Gasteiger partial charge in [0.1, 0.15) is 11.9 Å². The Kier molecular flexibility index (Phi) is 5.88. The highest BCUT2D eigenvalue weighted by Crippen LogP contribution is 2.36. The molecule has 0 spiro atoms. The fourth-order valence-electron chi connectivity index (χ4n) is 1.99. The number of aromatic nitrogens is 1. The number of nitro groups is 1. The molecule has 0 saturated carbocycles. The topological polar surface area (TPSA) is 85.3 Å². The summed E-state index contributed by atoms with van der Waals surface area (Å²) in [5.41, 5.74) is 6.25. The minimum atomic E-state index is -0.398. The summed E-state index contributed by atoms with van der Waals surface area (Å²) in [6, 6.07) is 0. The van der Waals surface area contributed by atoms with Crippen molar-refractivity contribution in [1.29, 1.82) is 0 Å². The highest BCUT2D eigenvalue weighted by atomic mass is 79.9. The molecule has 2 N–H and O–H groups in total. The van der Waals surface area contributed by atoms with Crippen LogP contribution in [0.3, 0.4) is 0 Å². The quantitative estimate of drug-likeness (QED) is 0.607. The highest BCUT2D eigenvalue weighted by Gasteiger charge is 2.27. The lowest BCUT2D eigenvalue weighted by atomic mass is 9.92. The molecule has 0 fully saturated rings. The first-order valence-corrected chi connectivity index (χ1v) is 7.34. The summed E-state index contributed by atoms with van der Waals surface area (Å²) in [5.74, 6) is 0. The molecule has 0 amide bonds.